The van der Waals surface area contributed by atoms with E-state index in [2.05, 4.69) is 62.4 Å². The van der Waals surface area contributed by atoms with E-state index in [4.69, 9.17) is 0 Å². The van der Waals surface area contributed by atoms with Crippen molar-refractivity contribution in [2.24, 2.45) is 0 Å². The second-order valence-corrected chi connectivity index (χ2v) is 6.27. The van der Waals surface area contributed by atoms with Crippen molar-refractivity contribution in [3.8, 4) is 0 Å². The van der Waals surface area contributed by atoms with Crippen LogP contribution in [0.1, 0.15) is 67.2 Å². The molecule has 103 valence electrons. The van der Waals surface area contributed by atoms with Gasteiger partial charge >= 0.3 is 0 Å². The van der Waals surface area contributed by atoms with Crippen LogP contribution in [0.3, 0.4) is 0 Å². The Labute approximate surface area is 122 Å². The Morgan fingerprint density at radius 1 is 1.10 bits per heavy atom. The standard InChI is InChI=1S/C20H23/c1-15(2)18-12-7-13-19(17-10-6-11-17)20(18)14-16-8-4-3-5-9-16/h3-5,7-9,12,15,17H,6,10-11,14H2,1-2H3. The van der Waals surface area contributed by atoms with E-state index in [1.54, 1.807) is 5.56 Å². The first-order chi connectivity index (χ1) is 9.75. The van der Waals surface area contributed by atoms with Gasteiger partial charge in [0.2, 0.25) is 0 Å². The fourth-order valence-corrected chi connectivity index (χ4v) is 3.16. The minimum Gasteiger partial charge on any atom is -0.0622 e. The Bertz CT molecular complexity index is 562. The topological polar surface area (TPSA) is 0 Å². The quantitative estimate of drug-likeness (QED) is 0.686. The van der Waals surface area contributed by atoms with Gasteiger partial charge in [-0.3, -0.25) is 0 Å². The molecule has 1 radical (unpaired) electrons. The minimum absolute atomic E-state index is 0.585. The van der Waals surface area contributed by atoms with E-state index in [0.717, 1.165) is 12.3 Å². The molecule has 0 heterocycles. The molecule has 1 fully saturated rings. The molecule has 3 rings (SSSR count). The smallest absolute Gasteiger partial charge is 0.00199 e. The van der Waals surface area contributed by atoms with Crippen LogP contribution in [0.25, 0.3) is 0 Å². The summed E-state index contributed by atoms with van der Waals surface area (Å²) in [5.41, 5.74) is 5.95. The summed E-state index contributed by atoms with van der Waals surface area (Å²) in [7, 11) is 0. The average molecular weight is 263 g/mol. The fraction of sp³-hybridized carbons (Fsp3) is 0.400. The summed E-state index contributed by atoms with van der Waals surface area (Å²) in [5, 5.41) is 0. The van der Waals surface area contributed by atoms with Gasteiger partial charge in [0.15, 0.2) is 0 Å². The van der Waals surface area contributed by atoms with E-state index in [1.807, 2.05) is 0 Å². The van der Waals surface area contributed by atoms with Crippen molar-refractivity contribution in [1.29, 1.82) is 0 Å². The van der Waals surface area contributed by atoms with Gasteiger partial charge in [0.1, 0.15) is 0 Å². The molecule has 0 saturated heterocycles. The first-order valence-electron chi connectivity index (χ1n) is 7.83. The second kappa shape index (κ2) is 5.83. The maximum Gasteiger partial charge on any atom is -0.00199 e. The number of hydrogen-bond acceptors (Lipinski definition) is 0. The molecule has 1 saturated carbocycles. The maximum atomic E-state index is 3.55. The number of benzene rings is 2. The molecule has 0 atom stereocenters. The van der Waals surface area contributed by atoms with Gasteiger partial charge in [-0.05, 0) is 59.4 Å². The van der Waals surface area contributed by atoms with Gasteiger partial charge in [0, 0.05) is 0 Å². The van der Waals surface area contributed by atoms with E-state index in [9.17, 15) is 0 Å². The predicted octanol–water partition coefficient (Wildman–Crippen LogP) is 5.47. The third-order valence-corrected chi connectivity index (χ3v) is 4.53. The molecule has 0 spiro atoms. The van der Waals surface area contributed by atoms with Gasteiger partial charge < -0.3 is 0 Å². The Kier molecular flexibility index (Phi) is 3.91. The first kappa shape index (κ1) is 13.4. The summed E-state index contributed by atoms with van der Waals surface area (Å²) in [6.45, 7) is 4.60. The largest absolute Gasteiger partial charge is 0.0622 e. The maximum absolute atomic E-state index is 3.55. The molecule has 0 aromatic heterocycles. The molecule has 0 heteroatoms. The summed E-state index contributed by atoms with van der Waals surface area (Å²) in [5.74, 6) is 1.34. The monoisotopic (exact) mass is 263 g/mol. The van der Waals surface area contributed by atoms with Crippen molar-refractivity contribution >= 4 is 0 Å². The van der Waals surface area contributed by atoms with Gasteiger partial charge in [-0.2, -0.15) is 0 Å². The number of rotatable bonds is 4. The van der Waals surface area contributed by atoms with Crippen LogP contribution in [0.2, 0.25) is 0 Å². The lowest BCUT2D eigenvalue weighted by Gasteiger charge is -2.29. The Balaban J connectivity index is 2.00. The summed E-state index contributed by atoms with van der Waals surface area (Å²) in [6.07, 6.45) is 5.13. The molecule has 2 aromatic rings. The molecule has 0 bridgehead atoms. The lowest BCUT2D eigenvalue weighted by Crippen LogP contribution is -2.13. The Morgan fingerprint density at radius 2 is 1.85 bits per heavy atom. The summed E-state index contributed by atoms with van der Waals surface area (Å²) < 4.78 is 0. The van der Waals surface area contributed by atoms with Gasteiger partial charge in [-0.25, -0.2) is 0 Å². The Hall–Kier alpha value is -1.56. The second-order valence-electron chi connectivity index (χ2n) is 6.27. The van der Waals surface area contributed by atoms with E-state index >= 15 is 0 Å². The van der Waals surface area contributed by atoms with Crippen LogP contribution in [0.4, 0.5) is 0 Å². The lowest BCUT2D eigenvalue weighted by atomic mass is 9.75. The van der Waals surface area contributed by atoms with Gasteiger partial charge in [0.25, 0.3) is 0 Å². The molecule has 0 amide bonds. The molecule has 1 aliphatic rings. The highest BCUT2D eigenvalue weighted by Crippen LogP contribution is 2.40. The van der Waals surface area contributed by atoms with Crippen LogP contribution in [0.5, 0.6) is 0 Å². The normalized spacial score (nSPS) is 15.3. The molecule has 0 nitrogen and oxygen atoms in total. The molecule has 2 aromatic carbocycles. The minimum atomic E-state index is 0.585. The molecule has 1 aliphatic carbocycles. The molecular weight excluding hydrogens is 240 g/mol. The third-order valence-electron chi connectivity index (χ3n) is 4.53. The van der Waals surface area contributed by atoms with Crippen molar-refractivity contribution in [2.75, 3.05) is 0 Å². The molecule has 0 N–H and O–H groups in total. The molecule has 0 aliphatic heterocycles. The zero-order valence-corrected chi connectivity index (χ0v) is 12.5. The van der Waals surface area contributed by atoms with Crippen LogP contribution < -0.4 is 0 Å². The van der Waals surface area contributed by atoms with Gasteiger partial charge in [-0.15, -0.1) is 0 Å². The summed E-state index contributed by atoms with van der Waals surface area (Å²) in [4.78, 5) is 0. The zero-order valence-electron chi connectivity index (χ0n) is 12.5. The van der Waals surface area contributed by atoms with E-state index in [0.29, 0.717) is 5.92 Å². The van der Waals surface area contributed by atoms with Crippen LogP contribution in [-0.4, -0.2) is 0 Å². The van der Waals surface area contributed by atoms with Crippen molar-refractivity contribution < 1.29 is 0 Å². The highest BCUT2D eigenvalue weighted by atomic mass is 14.3. The first-order valence-corrected chi connectivity index (χ1v) is 7.83. The fourth-order valence-electron chi connectivity index (χ4n) is 3.16. The lowest BCUT2D eigenvalue weighted by molar-refractivity contribution is 0.416. The highest BCUT2D eigenvalue weighted by molar-refractivity contribution is 5.42. The SMILES string of the molecule is CC(C)c1cc[c]c(C2CCC2)c1Cc1ccccc1. The molecule has 20 heavy (non-hydrogen) atoms. The third kappa shape index (κ3) is 2.65. The zero-order chi connectivity index (χ0) is 13.9. The van der Waals surface area contributed by atoms with E-state index < -0.39 is 0 Å². The molecule has 0 unspecified atom stereocenters. The van der Waals surface area contributed by atoms with Crippen molar-refractivity contribution in [2.45, 2.75) is 51.4 Å². The van der Waals surface area contributed by atoms with Crippen molar-refractivity contribution in [3.63, 3.8) is 0 Å². The predicted molar refractivity (Wildman–Crippen MR) is 85.2 cm³/mol. The van der Waals surface area contributed by atoms with Crippen molar-refractivity contribution in [3.05, 3.63) is 70.8 Å². The number of hydrogen-bond donors (Lipinski definition) is 0. The van der Waals surface area contributed by atoms with Crippen LogP contribution >= 0.6 is 0 Å². The van der Waals surface area contributed by atoms with Gasteiger partial charge in [0.05, 0.1) is 0 Å². The summed E-state index contributed by atoms with van der Waals surface area (Å²) >= 11 is 0. The molecular formula is C20H23. The van der Waals surface area contributed by atoms with E-state index in [1.165, 1.54) is 36.0 Å². The Morgan fingerprint density at radius 3 is 2.45 bits per heavy atom. The average Bonchev–Trinajstić information content (AvgIpc) is 2.39. The highest BCUT2D eigenvalue weighted by Gasteiger charge is 2.24. The van der Waals surface area contributed by atoms with Crippen LogP contribution in [0, 0.1) is 6.07 Å². The van der Waals surface area contributed by atoms with E-state index in [-0.39, 0.29) is 0 Å². The van der Waals surface area contributed by atoms with Crippen molar-refractivity contribution in [1.82, 2.24) is 0 Å². The van der Waals surface area contributed by atoms with Crippen LogP contribution in [-0.2, 0) is 6.42 Å². The van der Waals surface area contributed by atoms with Crippen LogP contribution in [0.15, 0.2) is 42.5 Å². The summed E-state index contributed by atoms with van der Waals surface area (Å²) in [6, 6.07) is 18.8. The van der Waals surface area contributed by atoms with Gasteiger partial charge in [-0.1, -0.05) is 62.7 Å².